The summed E-state index contributed by atoms with van der Waals surface area (Å²) in [5.41, 5.74) is 5.10. The molecule has 50 heavy (non-hydrogen) atoms. The molecule has 0 unspecified atom stereocenters. The zero-order valence-electron chi connectivity index (χ0n) is 26.5. The lowest BCUT2D eigenvalue weighted by Crippen LogP contribution is -1.79. The van der Waals surface area contributed by atoms with Crippen LogP contribution in [-0.4, -0.2) is 0 Å². The second-order valence-electron chi connectivity index (χ2n) is 13.2. The minimum Gasteiger partial charge on any atom is -0.135 e. The summed E-state index contributed by atoms with van der Waals surface area (Å²) in [6.45, 7) is 0. The monoisotopic (exact) mass is 704 g/mol. The summed E-state index contributed by atoms with van der Waals surface area (Å²) in [6, 6.07) is 54.8. The quantitative estimate of drug-likeness (QED) is 0.168. The minimum absolute atomic E-state index is 1.28. The van der Waals surface area contributed by atoms with Gasteiger partial charge in [0.1, 0.15) is 0 Å². The highest BCUT2D eigenvalue weighted by molar-refractivity contribution is 7.34. The highest BCUT2D eigenvalue weighted by Crippen LogP contribution is 2.50. The number of hydrogen-bond donors (Lipinski definition) is 0. The maximum absolute atomic E-state index is 2.42. The van der Waals surface area contributed by atoms with Crippen molar-refractivity contribution in [2.45, 2.75) is 0 Å². The Morgan fingerprint density at radius 2 is 0.620 bits per heavy atom. The number of rotatable bonds is 2. The van der Waals surface area contributed by atoms with E-state index < -0.39 is 0 Å². The second kappa shape index (κ2) is 10.2. The first kappa shape index (κ1) is 27.7. The molecule has 0 atom stereocenters. The largest absolute Gasteiger partial charge is 0.135 e. The van der Waals surface area contributed by atoms with E-state index >= 15 is 0 Å². The van der Waals surface area contributed by atoms with Gasteiger partial charge in [-0.2, -0.15) is 0 Å². The molecule has 12 aromatic rings. The Balaban J connectivity index is 1.06. The lowest BCUT2D eigenvalue weighted by Gasteiger charge is -2.06. The van der Waals surface area contributed by atoms with Crippen LogP contribution in [0, 0.1) is 0 Å². The first-order valence-electron chi connectivity index (χ1n) is 16.8. The Kier molecular flexibility index (Phi) is 5.66. The molecule has 4 heteroatoms. The Bertz CT molecular complexity index is 3160. The average molecular weight is 705 g/mol. The summed E-state index contributed by atoms with van der Waals surface area (Å²) < 4.78 is 10.9. The van der Waals surface area contributed by atoms with E-state index in [9.17, 15) is 0 Å². The molecule has 0 fully saturated rings. The van der Waals surface area contributed by atoms with E-state index in [4.69, 9.17) is 0 Å². The second-order valence-corrected chi connectivity index (χ2v) is 17.5. The fraction of sp³-hybridized carbons (Fsp3) is 0. The predicted octanol–water partition coefficient (Wildman–Crippen LogP) is 15.6. The summed E-state index contributed by atoms with van der Waals surface area (Å²) in [7, 11) is 0. The van der Waals surface area contributed by atoms with E-state index in [-0.39, 0.29) is 0 Å². The van der Waals surface area contributed by atoms with Crippen LogP contribution in [0.1, 0.15) is 0 Å². The lowest BCUT2D eigenvalue weighted by molar-refractivity contribution is 1.72. The number of hydrogen-bond acceptors (Lipinski definition) is 4. The van der Waals surface area contributed by atoms with Crippen LogP contribution in [0.3, 0.4) is 0 Å². The summed E-state index contributed by atoms with van der Waals surface area (Å²) in [4.78, 5) is 0. The molecule has 8 aromatic carbocycles. The zero-order chi connectivity index (χ0) is 32.5. The average Bonchev–Trinajstić information content (AvgIpc) is 3.93. The van der Waals surface area contributed by atoms with Gasteiger partial charge in [0, 0.05) is 71.3 Å². The molecule has 0 aliphatic carbocycles. The van der Waals surface area contributed by atoms with Crippen LogP contribution < -0.4 is 0 Å². The first-order valence-corrected chi connectivity index (χ1v) is 20.1. The number of fused-ring (bicyclic) bond motifs is 16. The van der Waals surface area contributed by atoms with Crippen molar-refractivity contribution in [2.75, 3.05) is 0 Å². The summed E-state index contributed by atoms with van der Waals surface area (Å²) in [5, 5.41) is 13.6. The van der Waals surface area contributed by atoms with Crippen LogP contribution in [0.5, 0.6) is 0 Å². The molecule has 232 valence electrons. The van der Waals surface area contributed by atoms with Crippen molar-refractivity contribution < 1.29 is 0 Å². The summed E-state index contributed by atoms with van der Waals surface area (Å²) >= 11 is 7.67. The van der Waals surface area contributed by atoms with Crippen LogP contribution in [0.4, 0.5) is 0 Å². The fourth-order valence-electron chi connectivity index (χ4n) is 8.14. The SMILES string of the molecule is c1ccc2c(c1)sc1ccc(-c3ccc4c(c3)sc3c5sc6cc(-c7ccc8sc9ccccc9c8c7)ccc6c5c5ccccc5c43)cc12. The highest BCUT2D eigenvalue weighted by atomic mass is 32.1. The van der Waals surface area contributed by atoms with E-state index in [1.165, 1.54) is 114 Å². The van der Waals surface area contributed by atoms with Crippen LogP contribution in [0.25, 0.3) is 114 Å². The third kappa shape index (κ3) is 3.85. The lowest BCUT2D eigenvalue weighted by atomic mass is 9.97. The molecule has 12 rings (SSSR count). The Morgan fingerprint density at radius 1 is 0.240 bits per heavy atom. The topological polar surface area (TPSA) is 0 Å². The predicted molar refractivity (Wildman–Crippen MR) is 226 cm³/mol. The Hall–Kier alpha value is -5.10. The van der Waals surface area contributed by atoms with E-state index in [2.05, 4.69) is 146 Å². The third-order valence-electron chi connectivity index (χ3n) is 10.5. The smallest absolute Gasteiger partial charge is 0.0540 e. The molecule has 0 aliphatic rings. The highest BCUT2D eigenvalue weighted by Gasteiger charge is 2.19. The van der Waals surface area contributed by atoms with E-state index in [0.717, 1.165) is 0 Å². The molecule has 0 aliphatic heterocycles. The molecule has 0 nitrogen and oxygen atoms in total. The third-order valence-corrected chi connectivity index (χ3v) is 15.2. The molecule has 0 spiro atoms. The fourth-order valence-corrected chi connectivity index (χ4v) is 13.0. The zero-order valence-corrected chi connectivity index (χ0v) is 29.8. The molecular formula is C46H24S4. The van der Waals surface area contributed by atoms with Crippen molar-refractivity contribution in [3.05, 3.63) is 146 Å². The van der Waals surface area contributed by atoms with Crippen molar-refractivity contribution in [1.29, 1.82) is 0 Å². The first-order chi connectivity index (χ1) is 24.7. The van der Waals surface area contributed by atoms with Gasteiger partial charge in [0.05, 0.1) is 9.40 Å². The van der Waals surface area contributed by atoms with Gasteiger partial charge < -0.3 is 0 Å². The molecule has 0 saturated heterocycles. The Morgan fingerprint density at radius 3 is 1.10 bits per heavy atom. The molecule has 4 aromatic heterocycles. The van der Waals surface area contributed by atoms with Gasteiger partial charge in [-0.1, -0.05) is 97.1 Å². The molecular weight excluding hydrogens is 681 g/mol. The standard InChI is InChI=1S/C46H24S4/c1-2-10-32-31(9-1)43-33-17-13-27(25-15-19-39-35(21-25)29-7-3-5-11-37(29)47-39)23-41(33)49-45(43)46-44(32)34-18-14-28(24-42(34)50-46)26-16-20-40-36(22-26)30-8-4-6-12-38(30)48-40/h1-24H. The van der Waals surface area contributed by atoms with Crippen molar-refractivity contribution >= 4 is 137 Å². The molecule has 0 bridgehead atoms. The number of benzene rings is 8. The van der Waals surface area contributed by atoms with Crippen molar-refractivity contribution in [3.63, 3.8) is 0 Å². The molecule has 0 N–H and O–H groups in total. The van der Waals surface area contributed by atoms with Gasteiger partial charge in [-0.3, -0.25) is 0 Å². The van der Waals surface area contributed by atoms with Crippen LogP contribution in [-0.2, 0) is 0 Å². The summed E-state index contributed by atoms with van der Waals surface area (Å²) in [5.74, 6) is 0. The van der Waals surface area contributed by atoms with Crippen molar-refractivity contribution in [1.82, 2.24) is 0 Å². The van der Waals surface area contributed by atoms with Gasteiger partial charge in [-0.05, 0) is 81.6 Å². The number of thiophene rings is 4. The van der Waals surface area contributed by atoms with E-state index in [0.29, 0.717) is 0 Å². The van der Waals surface area contributed by atoms with Crippen LogP contribution in [0.2, 0.25) is 0 Å². The maximum atomic E-state index is 2.42. The van der Waals surface area contributed by atoms with E-state index in [1.807, 2.05) is 45.3 Å². The molecule has 0 radical (unpaired) electrons. The molecule has 0 saturated carbocycles. The molecule has 4 heterocycles. The van der Waals surface area contributed by atoms with Gasteiger partial charge in [0.15, 0.2) is 0 Å². The van der Waals surface area contributed by atoms with Crippen LogP contribution in [0.15, 0.2) is 146 Å². The van der Waals surface area contributed by atoms with Gasteiger partial charge in [0.25, 0.3) is 0 Å². The van der Waals surface area contributed by atoms with Crippen molar-refractivity contribution in [2.24, 2.45) is 0 Å². The minimum atomic E-state index is 1.28. The normalized spacial score (nSPS) is 12.4. The van der Waals surface area contributed by atoms with Gasteiger partial charge in [-0.25, -0.2) is 0 Å². The molecule has 0 amide bonds. The van der Waals surface area contributed by atoms with Gasteiger partial charge >= 0.3 is 0 Å². The maximum Gasteiger partial charge on any atom is 0.0540 e. The van der Waals surface area contributed by atoms with E-state index in [1.54, 1.807) is 0 Å². The van der Waals surface area contributed by atoms with Gasteiger partial charge in [-0.15, -0.1) is 45.3 Å². The van der Waals surface area contributed by atoms with Gasteiger partial charge in [0.2, 0.25) is 0 Å². The summed E-state index contributed by atoms with van der Waals surface area (Å²) in [6.07, 6.45) is 0. The van der Waals surface area contributed by atoms with Crippen molar-refractivity contribution in [3.8, 4) is 22.3 Å². The Labute approximate surface area is 302 Å². The van der Waals surface area contributed by atoms with Crippen LogP contribution >= 0.6 is 45.3 Å².